The van der Waals surface area contributed by atoms with Crippen LogP contribution in [-0.2, 0) is 16.1 Å². The molecule has 0 unspecified atom stereocenters. The molecule has 0 aromatic heterocycles. The van der Waals surface area contributed by atoms with Crippen molar-refractivity contribution in [2.24, 2.45) is 5.41 Å². The van der Waals surface area contributed by atoms with Gasteiger partial charge in [-0.2, -0.15) is 0 Å². The topological polar surface area (TPSA) is 57.6 Å². The third-order valence-electron chi connectivity index (χ3n) is 4.33. The quantitative estimate of drug-likeness (QED) is 0.828. The van der Waals surface area contributed by atoms with E-state index in [0.29, 0.717) is 13.0 Å². The first-order chi connectivity index (χ1) is 9.11. The predicted molar refractivity (Wildman–Crippen MR) is 69.2 cm³/mol. The van der Waals surface area contributed by atoms with Gasteiger partial charge in [-0.3, -0.25) is 14.5 Å². The molecule has 3 rings (SSSR count). The summed E-state index contributed by atoms with van der Waals surface area (Å²) in [5.74, 6) is 0.137. The largest absolute Gasteiger partial charge is 0.508 e. The highest BCUT2D eigenvalue weighted by molar-refractivity contribution is 6.05. The first-order valence-electron chi connectivity index (χ1n) is 6.73. The third-order valence-corrected chi connectivity index (χ3v) is 4.33. The van der Waals surface area contributed by atoms with Gasteiger partial charge in [-0.25, -0.2) is 0 Å². The minimum absolute atomic E-state index is 0.00285. The van der Waals surface area contributed by atoms with Crippen LogP contribution in [-0.4, -0.2) is 21.8 Å². The van der Waals surface area contributed by atoms with Crippen molar-refractivity contribution in [3.05, 3.63) is 29.8 Å². The van der Waals surface area contributed by atoms with E-state index in [0.717, 1.165) is 31.2 Å². The van der Waals surface area contributed by atoms with Crippen molar-refractivity contribution < 1.29 is 14.7 Å². The van der Waals surface area contributed by atoms with Gasteiger partial charge in [0.25, 0.3) is 0 Å². The van der Waals surface area contributed by atoms with Crippen molar-refractivity contribution in [3.63, 3.8) is 0 Å². The summed E-state index contributed by atoms with van der Waals surface area (Å²) in [6.07, 6.45) is 4.18. The van der Waals surface area contributed by atoms with Crippen LogP contribution < -0.4 is 0 Å². The molecule has 1 spiro atoms. The van der Waals surface area contributed by atoms with Crippen LogP contribution in [0.1, 0.15) is 37.7 Å². The second-order valence-electron chi connectivity index (χ2n) is 5.62. The molecule has 0 atom stereocenters. The molecule has 1 saturated heterocycles. The predicted octanol–water partition coefficient (Wildman–Crippen LogP) is 2.21. The van der Waals surface area contributed by atoms with Gasteiger partial charge in [0.2, 0.25) is 11.8 Å². The Kier molecular flexibility index (Phi) is 2.81. The molecule has 19 heavy (non-hydrogen) atoms. The highest BCUT2D eigenvalue weighted by atomic mass is 16.3. The van der Waals surface area contributed by atoms with Crippen molar-refractivity contribution in [1.82, 2.24) is 4.90 Å². The molecule has 2 aliphatic rings. The summed E-state index contributed by atoms with van der Waals surface area (Å²) in [4.78, 5) is 25.9. The van der Waals surface area contributed by atoms with Crippen LogP contribution in [0.5, 0.6) is 5.75 Å². The number of hydrogen-bond donors (Lipinski definition) is 1. The molecule has 1 N–H and O–H groups in total. The summed E-state index contributed by atoms with van der Waals surface area (Å²) in [5.41, 5.74) is 0.475. The molecular formula is C15H17NO3. The highest BCUT2D eigenvalue weighted by Crippen LogP contribution is 2.47. The summed E-state index contributed by atoms with van der Waals surface area (Å²) in [5, 5.41) is 9.24. The molecular weight excluding hydrogens is 242 g/mol. The number of nitrogens with zero attached hydrogens (tertiary/aromatic N) is 1. The van der Waals surface area contributed by atoms with E-state index in [1.807, 2.05) is 0 Å². The molecule has 0 radical (unpaired) electrons. The molecule has 1 saturated carbocycles. The standard InChI is InChI=1S/C15H17NO3/c17-12-5-3-11(4-6-12)10-16-13(18)9-15(14(16)19)7-1-2-8-15/h3-6,17H,1-2,7-10H2. The van der Waals surface area contributed by atoms with Crippen LogP contribution in [0, 0.1) is 5.41 Å². The van der Waals surface area contributed by atoms with E-state index in [1.54, 1.807) is 24.3 Å². The lowest BCUT2D eigenvalue weighted by Crippen LogP contribution is -2.33. The normalized spacial score (nSPS) is 21.6. The zero-order valence-corrected chi connectivity index (χ0v) is 10.8. The molecule has 0 bridgehead atoms. The average Bonchev–Trinajstić information content (AvgIpc) is 2.94. The molecule has 2 fully saturated rings. The maximum Gasteiger partial charge on any atom is 0.236 e. The molecule has 1 aliphatic heterocycles. The van der Waals surface area contributed by atoms with Gasteiger partial charge in [-0.15, -0.1) is 0 Å². The third kappa shape index (κ3) is 2.01. The maximum atomic E-state index is 12.5. The lowest BCUT2D eigenvalue weighted by atomic mass is 9.84. The van der Waals surface area contributed by atoms with Crippen molar-refractivity contribution in [1.29, 1.82) is 0 Å². The van der Waals surface area contributed by atoms with E-state index < -0.39 is 5.41 Å². The number of hydrogen-bond acceptors (Lipinski definition) is 3. The van der Waals surface area contributed by atoms with Gasteiger partial charge in [-0.1, -0.05) is 25.0 Å². The number of phenols is 1. The Balaban J connectivity index is 1.79. The zero-order valence-electron chi connectivity index (χ0n) is 10.8. The fourth-order valence-corrected chi connectivity index (χ4v) is 3.25. The Morgan fingerprint density at radius 1 is 1.11 bits per heavy atom. The highest BCUT2D eigenvalue weighted by Gasteiger charge is 2.52. The number of likely N-dealkylation sites (tertiary alicyclic amines) is 1. The van der Waals surface area contributed by atoms with Crippen LogP contribution >= 0.6 is 0 Å². The number of benzene rings is 1. The molecule has 1 aromatic carbocycles. The number of rotatable bonds is 2. The number of carbonyl (C=O) groups is 2. The van der Waals surface area contributed by atoms with Crippen LogP contribution in [0.25, 0.3) is 0 Å². The summed E-state index contributed by atoms with van der Waals surface area (Å²) < 4.78 is 0. The number of carbonyl (C=O) groups excluding carboxylic acids is 2. The Hall–Kier alpha value is -1.84. The van der Waals surface area contributed by atoms with Gasteiger partial charge in [0.05, 0.1) is 12.0 Å². The van der Waals surface area contributed by atoms with Crippen LogP contribution in [0.15, 0.2) is 24.3 Å². The van der Waals surface area contributed by atoms with Crippen LogP contribution in [0.3, 0.4) is 0 Å². The van der Waals surface area contributed by atoms with Crippen molar-refractivity contribution >= 4 is 11.8 Å². The van der Waals surface area contributed by atoms with Gasteiger partial charge < -0.3 is 5.11 Å². The lowest BCUT2D eigenvalue weighted by Gasteiger charge is -2.20. The lowest BCUT2D eigenvalue weighted by molar-refractivity contribution is -0.142. The van der Waals surface area contributed by atoms with Crippen molar-refractivity contribution in [2.75, 3.05) is 0 Å². The average molecular weight is 259 g/mol. The number of amides is 2. The summed E-state index contributed by atoms with van der Waals surface area (Å²) in [7, 11) is 0. The number of aromatic hydroxyl groups is 1. The van der Waals surface area contributed by atoms with E-state index in [1.165, 1.54) is 4.90 Å². The SMILES string of the molecule is O=C1CC2(CCCC2)C(=O)N1Cc1ccc(O)cc1. The van der Waals surface area contributed by atoms with Crippen LogP contribution in [0.2, 0.25) is 0 Å². The van der Waals surface area contributed by atoms with Crippen molar-refractivity contribution in [2.45, 2.75) is 38.6 Å². The molecule has 4 nitrogen and oxygen atoms in total. The fraction of sp³-hybridized carbons (Fsp3) is 0.467. The van der Waals surface area contributed by atoms with E-state index >= 15 is 0 Å². The summed E-state index contributed by atoms with van der Waals surface area (Å²) in [6.45, 7) is 0.319. The summed E-state index contributed by atoms with van der Waals surface area (Å²) in [6, 6.07) is 6.64. The second-order valence-corrected chi connectivity index (χ2v) is 5.62. The fourth-order valence-electron chi connectivity index (χ4n) is 3.25. The van der Waals surface area contributed by atoms with Crippen LogP contribution in [0.4, 0.5) is 0 Å². The van der Waals surface area contributed by atoms with Gasteiger partial charge >= 0.3 is 0 Å². The molecule has 1 aliphatic carbocycles. The van der Waals surface area contributed by atoms with E-state index in [-0.39, 0.29) is 17.6 Å². The molecule has 2 amide bonds. The Morgan fingerprint density at radius 2 is 1.74 bits per heavy atom. The van der Waals surface area contributed by atoms with E-state index in [4.69, 9.17) is 0 Å². The minimum Gasteiger partial charge on any atom is -0.508 e. The molecule has 4 heteroatoms. The Morgan fingerprint density at radius 3 is 2.37 bits per heavy atom. The van der Waals surface area contributed by atoms with Gasteiger partial charge in [0.1, 0.15) is 5.75 Å². The molecule has 100 valence electrons. The Labute approximate surface area is 112 Å². The van der Waals surface area contributed by atoms with E-state index in [9.17, 15) is 14.7 Å². The first kappa shape index (κ1) is 12.2. The van der Waals surface area contributed by atoms with Gasteiger partial charge in [0, 0.05) is 6.42 Å². The van der Waals surface area contributed by atoms with Crippen molar-refractivity contribution in [3.8, 4) is 5.75 Å². The van der Waals surface area contributed by atoms with Gasteiger partial charge in [-0.05, 0) is 30.5 Å². The Bertz CT molecular complexity index is 515. The number of phenolic OH excluding ortho intramolecular Hbond substituents is 1. The minimum atomic E-state index is -0.395. The van der Waals surface area contributed by atoms with E-state index in [2.05, 4.69) is 0 Å². The summed E-state index contributed by atoms with van der Waals surface area (Å²) >= 11 is 0. The molecule has 1 heterocycles. The smallest absolute Gasteiger partial charge is 0.236 e. The zero-order chi connectivity index (χ0) is 13.5. The second kappa shape index (κ2) is 4.37. The number of imide groups is 1. The maximum absolute atomic E-state index is 12.5. The molecule has 1 aromatic rings. The monoisotopic (exact) mass is 259 g/mol. The first-order valence-corrected chi connectivity index (χ1v) is 6.73. The van der Waals surface area contributed by atoms with Gasteiger partial charge in [0.15, 0.2) is 0 Å².